The van der Waals surface area contributed by atoms with E-state index in [1.54, 1.807) is 12.1 Å². The van der Waals surface area contributed by atoms with Crippen LogP contribution in [0, 0.1) is 23.0 Å². The van der Waals surface area contributed by atoms with Crippen LogP contribution < -0.4 is 10.1 Å². The Labute approximate surface area is 199 Å². The van der Waals surface area contributed by atoms with Crippen molar-refractivity contribution in [2.75, 3.05) is 26.7 Å². The highest BCUT2D eigenvalue weighted by molar-refractivity contribution is 5.70. The van der Waals surface area contributed by atoms with Gasteiger partial charge in [0.05, 0.1) is 13.2 Å². The molecule has 1 N–H and O–H groups in total. The van der Waals surface area contributed by atoms with Crippen molar-refractivity contribution in [2.24, 2.45) is 11.3 Å². The molecule has 3 saturated heterocycles. The summed E-state index contributed by atoms with van der Waals surface area (Å²) < 4.78 is 40.4. The Hall–Kier alpha value is -2.67. The van der Waals surface area contributed by atoms with Gasteiger partial charge in [-0.2, -0.15) is 0 Å². The molecule has 2 aromatic carbocycles. The summed E-state index contributed by atoms with van der Waals surface area (Å²) in [6, 6.07) is 7.35. The zero-order valence-corrected chi connectivity index (χ0v) is 20.0. The summed E-state index contributed by atoms with van der Waals surface area (Å²) in [7, 11) is 1.40. The van der Waals surface area contributed by atoms with E-state index in [-0.39, 0.29) is 23.3 Å². The van der Waals surface area contributed by atoms with Gasteiger partial charge in [-0.15, -0.1) is 0 Å². The number of nitrogens with zero attached hydrogens (tertiary/aromatic N) is 1. The molecule has 1 unspecified atom stereocenters. The van der Waals surface area contributed by atoms with E-state index >= 15 is 4.39 Å². The number of piperidine rings is 3. The fourth-order valence-electron chi connectivity index (χ4n) is 5.80. The molecule has 1 aliphatic carbocycles. The minimum atomic E-state index is -0.534. The molecule has 2 atom stereocenters. The number of rotatable bonds is 4. The van der Waals surface area contributed by atoms with Crippen LogP contribution in [0.15, 0.2) is 30.3 Å². The smallest absolute Gasteiger partial charge is 0.407 e. The SMILES string of the molecule is COc1ccc(-c2cc3c(cc2F)C(NC(=O)O[C@H]2CN4CCC2CC4)C(C)(C)CC3)cc1F. The molecule has 6 rings (SSSR count). The summed E-state index contributed by atoms with van der Waals surface area (Å²) in [6.07, 6.45) is 3.18. The quantitative estimate of drug-likeness (QED) is 0.644. The number of nitrogens with one attached hydrogen (secondary N) is 1. The zero-order valence-electron chi connectivity index (χ0n) is 20.0. The van der Waals surface area contributed by atoms with E-state index in [1.807, 2.05) is 0 Å². The molecule has 3 heterocycles. The second-order valence-corrected chi connectivity index (χ2v) is 10.5. The summed E-state index contributed by atoms with van der Waals surface area (Å²) in [5, 5.41) is 3.06. The van der Waals surface area contributed by atoms with Gasteiger partial charge < -0.3 is 14.8 Å². The number of hydrogen-bond donors (Lipinski definition) is 1. The summed E-state index contributed by atoms with van der Waals surface area (Å²) in [5.74, 6) is -0.436. The molecule has 5 nitrogen and oxygen atoms in total. The number of aryl methyl sites for hydroxylation is 1. The number of hydrogen-bond acceptors (Lipinski definition) is 4. The van der Waals surface area contributed by atoms with Gasteiger partial charge in [0.15, 0.2) is 11.6 Å². The lowest BCUT2D eigenvalue weighted by Gasteiger charge is -2.44. The van der Waals surface area contributed by atoms with E-state index in [4.69, 9.17) is 9.47 Å². The Kier molecular flexibility index (Phi) is 6.00. The lowest BCUT2D eigenvalue weighted by atomic mass is 9.70. The first kappa shape index (κ1) is 23.1. The molecule has 2 aromatic rings. The predicted octanol–water partition coefficient (Wildman–Crippen LogP) is 5.47. The Morgan fingerprint density at radius 1 is 1.12 bits per heavy atom. The number of methoxy groups -OCH3 is 1. The van der Waals surface area contributed by atoms with Crippen LogP contribution in [0.4, 0.5) is 13.6 Å². The van der Waals surface area contributed by atoms with Crippen LogP contribution >= 0.6 is 0 Å². The summed E-state index contributed by atoms with van der Waals surface area (Å²) in [5.41, 5.74) is 2.25. The third-order valence-corrected chi connectivity index (χ3v) is 7.94. The number of carbonyl (C=O) groups excluding carboxylic acids is 1. The van der Waals surface area contributed by atoms with Crippen LogP contribution in [0.1, 0.15) is 50.3 Å². The van der Waals surface area contributed by atoms with Gasteiger partial charge in [0, 0.05) is 12.1 Å². The highest BCUT2D eigenvalue weighted by Crippen LogP contribution is 2.45. The second-order valence-electron chi connectivity index (χ2n) is 10.5. The third kappa shape index (κ3) is 4.26. The average Bonchev–Trinajstić information content (AvgIpc) is 2.81. The molecule has 182 valence electrons. The minimum Gasteiger partial charge on any atom is -0.494 e. The molecular formula is C27H32F2N2O3. The van der Waals surface area contributed by atoms with Gasteiger partial charge in [-0.3, -0.25) is 4.90 Å². The largest absolute Gasteiger partial charge is 0.494 e. The molecule has 4 aliphatic rings. The molecule has 1 amide bonds. The molecular weight excluding hydrogens is 438 g/mol. The molecule has 34 heavy (non-hydrogen) atoms. The molecule has 3 fully saturated rings. The Bertz CT molecular complexity index is 1100. The standard InChI is InChI=1S/C27H32F2N2O3/c1-27(2)9-6-18-12-19(17-4-5-23(33-3)22(29)13-17)21(28)14-20(18)25(27)30-26(32)34-24-15-31-10-7-16(24)8-11-31/h4-5,12-14,16,24-25H,6-11,15H2,1-3H3,(H,30,32)/t24-,25?/m0/s1. The number of amides is 1. The first-order chi connectivity index (χ1) is 16.2. The van der Waals surface area contributed by atoms with Gasteiger partial charge in [-0.25, -0.2) is 13.6 Å². The molecule has 0 spiro atoms. The lowest BCUT2D eigenvalue weighted by molar-refractivity contribution is -0.0353. The van der Waals surface area contributed by atoms with E-state index in [9.17, 15) is 9.18 Å². The molecule has 7 heteroatoms. The predicted molar refractivity (Wildman–Crippen MR) is 126 cm³/mol. The van der Waals surface area contributed by atoms with Crippen LogP contribution in [0.25, 0.3) is 11.1 Å². The van der Waals surface area contributed by atoms with Crippen LogP contribution in [0.2, 0.25) is 0 Å². The number of fused-ring (bicyclic) bond motifs is 4. The fraction of sp³-hybridized carbons (Fsp3) is 0.519. The molecule has 0 aromatic heterocycles. The van der Waals surface area contributed by atoms with Gasteiger partial charge >= 0.3 is 6.09 Å². The van der Waals surface area contributed by atoms with Crippen molar-refractivity contribution in [3.8, 4) is 16.9 Å². The van der Waals surface area contributed by atoms with E-state index in [1.165, 1.54) is 25.3 Å². The summed E-state index contributed by atoms with van der Waals surface area (Å²) in [4.78, 5) is 15.3. The van der Waals surface area contributed by atoms with Crippen molar-refractivity contribution in [1.82, 2.24) is 10.2 Å². The Morgan fingerprint density at radius 2 is 1.88 bits per heavy atom. The fourth-order valence-corrected chi connectivity index (χ4v) is 5.80. The van der Waals surface area contributed by atoms with Crippen LogP contribution in [-0.2, 0) is 11.2 Å². The third-order valence-electron chi connectivity index (χ3n) is 7.94. The Balaban J connectivity index is 1.39. The zero-order chi connectivity index (χ0) is 24.0. The molecule has 3 aliphatic heterocycles. The molecule has 0 saturated carbocycles. The maximum atomic E-state index is 15.3. The van der Waals surface area contributed by atoms with Crippen molar-refractivity contribution in [3.05, 3.63) is 53.1 Å². The van der Waals surface area contributed by atoms with E-state index in [0.29, 0.717) is 17.0 Å². The maximum Gasteiger partial charge on any atom is 0.407 e. The maximum absolute atomic E-state index is 15.3. The molecule has 0 radical (unpaired) electrons. The lowest BCUT2D eigenvalue weighted by Crippen LogP contribution is -2.53. The topological polar surface area (TPSA) is 50.8 Å². The minimum absolute atomic E-state index is 0.0854. The van der Waals surface area contributed by atoms with Gasteiger partial charge in [0.25, 0.3) is 0 Å². The van der Waals surface area contributed by atoms with Crippen molar-refractivity contribution in [1.29, 1.82) is 0 Å². The Morgan fingerprint density at radius 3 is 2.53 bits per heavy atom. The highest BCUT2D eigenvalue weighted by Gasteiger charge is 2.40. The number of alkyl carbamates (subject to hydrolysis) is 1. The number of benzene rings is 2. The first-order valence-electron chi connectivity index (χ1n) is 12.1. The monoisotopic (exact) mass is 470 g/mol. The van der Waals surface area contributed by atoms with Gasteiger partial charge in [0.2, 0.25) is 0 Å². The van der Waals surface area contributed by atoms with E-state index < -0.39 is 17.7 Å². The van der Waals surface area contributed by atoms with E-state index in [0.717, 1.165) is 56.4 Å². The molecule has 2 bridgehead atoms. The number of halogens is 2. The summed E-state index contributed by atoms with van der Waals surface area (Å²) in [6.45, 7) is 7.11. The average molecular weight is 471 g/mol. The number of ether oxygens (including phenoxy) is 2. The highest BCUT2D eigenvalue weighted by atomic mass is 19.1. The first-order valence-corrected chi connectivity index (χ1v) is 12.1. The second kappa shape index (κ2) is 8.84. The van der Waals surface area contributed by atoms with Crippen LogP contribution in [0.5, 0.6) is 5.75 Å². The van der Waals surface area contributed by atoms with Crippen LogP contribution in [0.3, 0.4) is 0 Å². The van der Waals surface area contributed by atoms with Crippen molar-refractivity contribution in [2.45, 2.75) is 51.7 Å². The summed E-state index contributed by atoms with van der Waals surface area (Å²) >= 11 is 0. The number of carbonyl (C=O) groups is 1. The van der Waals surface area contributed by atoms with E-state index in [2.05, 4.69) is 24.1 Å². The normalized spacial score (nSPS) is 27.1. The van der Waals surface area contributed by atoms with Crippen molar-refractivity contribution < 1.29 is 23.0 Å². The van der Waals surface area contributed by atoms with Gasteiger partial charge in [0.1, 0.15) is 11.9 Å². The van der Waals surface area contributed by atoms with Crippen LogP contribution in [-0.4, -0.2) is 43.8 Å². The van der Waals surface area contributed by atoms with Gasteiger partial charge in [-0.05, 0) is 91.1 Å². The van der Waals surface area contributed by atoms with Gasteiger partial charge in [-0.1, -0.05) is 19.9 Å². The van der Waals surface area contributed by atoms with Crippen molar-refractivity contribution in [3.63, 3.8) is 0 Å². The van der Waals surface area contributed by atoms with Crippen molar-refractivity contribution >= 4 is 6.09 Å².